The predicted molar refractivity (Wildman–Crippen MR) is 119 cm³/mol. The molecule has 0 aliphatic rings. The first kappa shape index (κ1) is 23.7. The molecule has 1 atom stereocenters. The van der Waals surface area contributed by atoms with E-state index in [1.807, 2.05) is 43.7 Å². The van der Waals surface area contributed by atoms with Gasteiger partial charge in [0.1, 0.15) is 16.2 Å². The minimum Gasteiger partial charge on any atom is -0.465 e. The Kier molecular flexibility index (Phi) is 8.29. The van der Waals surface area contributed by atoms with Gasteiger partial charge in [0.2, 0.25) is 0 Å². The number of benzene rings is 1. The van der Waals surface area contributed by atoms with Gasteiger partial charge < -0.3 is 9.47 Å². The average Bonchev–Trinajstić information content (AvgIpc) is 3.12. The SMILES string of the molecule is C=CC(Cc1ccc(C(=O)OC)cc1)n1ncc(C(=O)OC(C)(C)C)c1SCCC. The smallest absolute Gasteiger partial charge is 0.343 e. The van der Waals surface area contributed by atoms with Crippen LogP contribution in [0, 0.1) is 0 Å². The van der Waals surface area contributed by atoms with E-state index in [0.29, 0.717) is 17.5 Å². The van der Waals surface area contributed by atoms with Gasteiger partial charge in [-0.15, -0.1) is 18.3 Å². The Hall–Kier alpha value is -2.54. The Morgan fingerprint density at radius 1 is 1.23 bits per heavy atom. The highest BCUT2D eigenvalue weighted by Crippen LogP contribution is 2.30. The van der Waals surface area contributed by atoms with E-state index < -0.39 is 5.60 Å². The van der Waals surface area contributed by atoms with Crippen molar-refractivity contribution in [1.29, 1.82) is 0 Å². The molecular weight excluding hydrogens is 400 g/mol. The molecule has 2 rings (SSSR count). The summed E-state index contributed by atoms with van der Waals surface area (Å²) in [4.78, 5) is 24.3. The van der Waals surface area contributed by atoms with Crippen LogP contribution in [0.5, 0.6) is 0 Å². The van der Waals surface area contributed by atoms with Crippen LogP contribution in [0.3, 0.4) is 0 Å². The lowest BCUT2D eigenvalue weighted by Gasteiger charge is -2.20. The molecule has 0 saturated carbocycles. The molecule has 6 nitrogen and oxygen atoms in total. The molecule has 1 unspecified atom stereocenters. The van der Waals surface area contributed by atoms with Gasteiger partial charge in [-0.05, 0) is 57.1 Å². The fourth-order valence-corrected chi connectivity index (χ4v) is 3.81. The van der Waals surface area contributed by atoms with E-state index >= 15 is 0 Å². The number of allylic oxidation sites excluding steroid dienone is 1. The second kappa shape index (κ2) is 10.5. The molecule has 0 N–H and O–H groups in total. The maximum absolute atomic E-state index is 12.7. The molecule has 1 heterocycles. The largest absolute Gasteiger partial charge is 0.465 e. The zero-order valence-electron chi connectivity index (χ0n) is 18.3. The van der Waals surface area contributed by atoms with E-state index in [2.05, 4.69) is 18.6 Å². The number of nitrogens with zero attached hydrogens (tertiary/aromatic N) is 2. The number of aromatic nitrogens is 2. The molecule has 162 valence electrons. The molecule has 0 aliphatic carbocycles. The fourth-order valence-electron chi connectivity index (χ4n) is 2.81. The van der Waals surface area contributed by atoms with Crippen LogP contribution in [0.1, 0.15) is 66.4 Å². The highest BCUT2D eigenvalue weighted by atomic mass is 32.2. The monoisotopic (exact) mass is 430 g/mol. The Morgan fingerprint density at radius 3 is 2.43 bits per heavy atom. The maximum Gasteiger partial charge on any atom is 0.343 e. The number of carbonyl (C=O) groups excluding carboxylic acids is 2. The third-order valence-corrected chi connectivity index (χ3v) is 5.51. The minimum absolute atomic E-state index is 0.149. The third kappa shape index (κ3) is 6.23. The summed E-state index contributed by atoms with van der Waals surface area (Å²) < 4.78 is 12.1. The summed E-state index contributed by atoms with van der Waals surface area (Å²) in [6, 6.07) is 7.11. The molecule has 0 aliphatic heterocycles. The summed E-state index contributed by atoms with van der Waals surface area (Å²) in [5, 5.41) is 5.28. The molecule has 1 aromatic carbocycles. The van der Waals surface area contributed by atoms with Crippen molar-refractivity contribution in [3.63, 3.8) is 0 Å². The zero-order chi connectivity index (χ0) is 22.3. The lowest BCUT2D eigenvalue weighted by Crippen LogP contribution is -2.24. The number of hydrogen-bond donors (Lipinski definition) is 0. The lowest BCUT2D eigenvalue weighted by molar-refractivity contribution is 0.00648. The van der Waals surface area contributed by atoms with Gasteiger partial charge in [-0.2, -0.15) is 5.10 Å². The Bertz CT molecular complexity index is 882. The fraction of sp³-hybridized carbons (Fsp3) is 0.435. The molecule has 1 aromatic heterocycles. The minimum atomic E-state index is -0.578. The number of rotatable bonds is 9. The Labute approximate surface area is 182 Å². The molecule has 30 heavy (non-hydrogen) atoms. The molecule has 0 amide bonds. The average molecular weight is 431 g/mol. The van der Waals surface area contributed by atoms with Crippen LogP contribution in [0.15, 0.2) is 48.1 Å². The standard InChI is InChI=1S/C23H30N2O4S/c1-7-13-30-20-19(22(27)29-23(3,4)5)15-24-25(20)18(8-2)14-16-9-11-17(12-10-16)21(26)28-6/h8-12,15,18H,2,7,13-14H2,1,3-6H3. The van der Waals surface area contributed by atoms with Crippen LogP contribution >= 0.6 is 11.8 Å². The van der Waals surface area contributed by atoms with E-state index in [4.69, 9.17) is 9.47 Å². The van der Waals surface area contributed by atoms with Crippen LogP contribution in [-0.2, 0) is 15.9 Å². The van der Waals surface area contributed by atoms with E-state index in [1.165, 1.54) is 7.11 Å². The third-order valence-electron chi connectivity index (χ3n) is 4.22. The van der Waals surface area contributed by atoms with Crippen molar-refractivity contribution in [3.05, 3.63) is 59.8 Å². The van der Waals surface area contributed by atoms with Gasteiger partial charge in [0.05, 0.1) is 24.9 Å². The molecule has 2 aromatic rings. The first-order valence-electron chi connectivity index (χ1n) is 9.93. The van der Waals surface area contributed by atoms with Gasteiger partial charge in [0.15, 0.2) is 0 Å². The number of esters is 2. The summed E-state index contributed by atoms with van der Waals surface area (Å²) in [6.07, 6.45) is 4.98. The van der Waals surface area contributed by atoms with E-state index in [0.717, 1.165) is 22.8 Å². The highest BCUT2D eigenvalue weighted by molar-refractivity contribution is 7.99. The summed E-state index contributed by atoms with van der Waals surface area (Å²) in [5.74, 6) is 0.117. The van der Waals surface area contributed by atoms with E-state index in [-0.39, 0.29) is 18.0 Å². The molecule has 0 saturated heterocycles. The molecule has 0 bridgehead atoms. The van der Waals surface area contributed by atoms with Gasteiger partial charge in [-0.25, -0.2) is 9.59 Å². The summed E-state index contributed by atoms with van der Waals surface area (Å²) in [5.41, 5.74) is 1.41. The van der Waals surface area contributed by atoms with Crippen molar-refractivity contribution in [2.75, 3.05) is 12.9 Å². The molecule has 0 radical (unpaired) electrons. The van der Waals surface area contributed by atoms with Gasteiger partial charge in [0.25, 0.3) is 0 Å². The quantitative estimate of drug-likeness (QED) is 0.313. The predicted octanol–water partition coefficient (Wildman–Crippen LogP) is 5.10. The Morgan fingerprint density at radius 2 is 1.90 bits per heavy atom. The number of carbonyl (C=O) groups is 2. The van der Waals surface area contributed by atoms with Gasteiger partial charge >= 0.3 is 11.9 Å². The van der Waals surface area contributed by atoms with Gasteiger partial charge in [-0.3, -0.25) is 4.68 Å². The second-order valence-electron chi connectivity index (χ2n) is 7.85. The van der Waals surface area contributed by atoms with Crippen molar-refractivity contribution in [2.24, 2.45) is 0 Å². The van der Waals surface area contributed by atoms with Crippen LogP contribution in [0.25, 0.3) is 0 Å². The first-order chi connectivity index (χ1) is 14.2. The molecule has 7 heteroatoms. The second-order valence-corrected chi connectivity index (χ2v) is 8.94. The normalized spacial score (nSPS) is 12.3. The van der Waals surface area contributed by atoms with Gasteiger partial charge in [0, 0.05) is 0 Å². The first-order valence-corrected chi connectivity index (χ1v) is 10.9. The Balaban J connectivity index is 2.31. The summed E-state index contributed by atoms with van der Waals surface area (Å²) >= 11 is 1.59. The number of hydrogen-bond acceptors (Lipinski definition) is 6. The molecule has 0 fully saturated rings. The molecular formula is C23H30N2O4S. The van der Waals surface area contributed by atoms with Crippen LogP contribution < -0.4 is 0 Å². The summed E-state index contributed by atoms with van der Waals surface area (Å²) in [7, 11) is 1.36. The van der Waals surface area contributed by atoms with Crippen molar-refractivity contribution in [2.45, 2.75) is 57.2 Å². The number of methoxy groups -OCH3 is 1. The summed E-state index contributed by atoms with van der Waals surface area (Å²) in [6.45, 7) is 11.6. The van der Waals surface area contributed by atoms with Crippen molar-refractivity contribution >= 4 is 23.7 Å². The van der Waals surface area contributed by atoms with Crippen LogP contribution in [-0.4, -0.2) is 40.2 Å². The topological polar surface area (TPSA) is 70.4 Å². The van der Waals surface area contributed by atoms with Crippen molar-refractivity contribution in [1.82, 2.24) is 9.78 Å². The van der Waals surface area contributed by atoms with Crippen LogP contribution in [0.4, 0.5) is 0 Å². The van der Waals surface area contributed by atoms with Gasteiger partial charge in [-0.1, -0.05) is 25.1 Å². The zero-order valence-corrected chi connectivity index (χ0v) is 19.1. The number of thioether (sulfide) groups is 1. The molecule has 0 spiro atoms. The van der Waals surface area contributed by atoms with Crippen LogP contribution in [0.2, 0.25) is 0 Å². The van der Waals surface area contributed by atoms with Crippen molar-refractivity contribution in [3.8, 4) is 0 Å². The van der Waals surface area contributed by atoms with E-state index in [1.54, 1.807) is 30.1 Å². The lowest BCUT2D eigenvalue weighted by atomic mass is 10.0. The van der Waals surface area contributed by atoms with Crippen molar-refractivity contribution < 1.29 is 19.1 Å². The maximum atomic E-state index is 12.7. The van der Waals surface area contributed by atoms with E-state index in [9.17, 15) is 9.59 Å². The number of ether oxygens (including phenoxy) is 2. The highest BCUT2D eigenvalue weighted by Gasteiger charge is 2.26.